The number of aliphatic carboxylic acids is 1. The smallest absolute Gasteiger partial charge is 0.322 e. The normalized spacial score (nSPS) is 14.0. The van der Waals surface area contributed by atoms with Crippen molar-refractivity contribution in [2.75, 3.05) is 0 Å². The first kappa shape index (κ1) is 16.7. The second-order valence-electron chi connectivity index (χ2n) is 5.76. The summed E-state index contributed by atoms with van der Waals surface area (Å²) in [7, 11) is -3.84. The molecule has 0 radical (unpaired) electrons. The van der Waals surface area contributed by atoms with Gasteiger partial charge >= 0.3 is 5.97 Å². The van der Waals surface area contributed by atoms with E-state index < -0.39 is 27.4 Å². The van der Waals surface area contributed by atoms with E-state index in [1.165, 1.54) is 12.1 Å². The fraction of sp³-hybridized carbons (Fsp3) is 0.500. The number of hydrogen-bond donors (Lipinski definition) is 2. The topological polar surface area (TPSA) is 83.5 Å². The van der Waals surface area contributed by atoms with Gasteiger partial charge in [0.15, 0.2) is 0 Å². The van der Waals surface area contributed by atoms with Crippen LogP contribution in [0.25, 0.3) is 0 Å². The van der Waals surface area contributed by atoms with Crippen molar-refractivity contribution in [1.29, 1.82) is 0 Å². The molecule has 0 spiro atoms. The molecule has 0 aliphatic carbocycles. The molecule has 112 valence electrons. The van der Waals surface area contributed by atoms with Crippen LogP contribution < -0.4 is 4.72 Å². The van der Waals surface area contributed by atoms with E-state index in [-0.39, 0.29) is 4.90 Å². The number of hydrogen-bond acceptors (Lipinski definition) is 3. The summed E-state index contributed by atoms with van der Waals surface area (Å²) in [6, 6.07) is 5.24. The quantitative estimate of drug-likeness (QED) is 0.871. The number of carbonyl (C=O) groups is 1. The molecule has 0 aromatic heterocycles. The number of benzene rings is 1. The molecule has 0 bridgehead atoms. The maximum absolute atomic E-state index is 12.2. The summed E-state index contributed by atoms with van der Waals surface area (Å²) in [5.74, 6) is -1.19. The highest BCUT2D eigenvalue weighted by atomic mass is 32.2. The number of carboxylic acid groups (broad SMARTS) is 1. The van der Waals surface area contributed by atoms with E-state index in [2.05, 4.69) is 4.72 Å². The highest BCUT2D eigenvalue weighted by molar-refractivity contribution is 7.89. The Morgan fingerprint density at radius 2 is 1.75 bits per heavy atom. The molecule has 6 heteroatoms. The van der Waals surface area contributed by atoms with Gasteiger partial charge in [-0.1, -0.05) is 39.8 Å². The van der Waals surface area contributed by atoms with Crippen LogP contribution in [-0.4, -0.2) is 25.5 Å². The zero-order chi connectivity index (χ0) is 15.6. The standard InChI is InChI=1S/C14H21NO4S/c1-5-10-6-8-11(9-7-10)20(18,19)15-12(13(16)17)14(2,3)4/h6-9,12,15H,5H2,1-4H3,(H,16,17)/t12-/m1/s1. The maximum Gasteiger partial charge on any atom is 0.322 e. The van der Waals surface area contributed by atoms with Gasteiger partial charge in [0, 0.05) is 0 Å². The molecule has 2 N–H and O–H groups in total. The van der Waals surface area contributed by atoms with Crippen LogP contribution >= 0.6 is 0 Å². The predicted molar refractivity (Wildman–Crippen MR) is 77.0 cm³/mol. The molecule has 0 heterocycles. The summed E-state index contributed by atoms with van der Waals surface area (Å²) < 4.78 is 26.7. The van der Waals surface area contributed by atoms with Crippen molar-refractivity contribution in [1.82, 2.24) is 4.72 Å². The first-order valence-corrected chi connectivity index (χ1v) is 7.90. The van der Waals surface area contributed by atoms with Crippen molar-refractivity contribution < 1.29 is 18.3 Å². The molecule has 1 aromatic carbocycles. The third-order valence-electron chi connectivity index (χ3n) is 3.03. The minimum Gasteiger partial charge on any atom is -0.480 e. The fourth-order valence-corrected chi connectivity index (χ4v) is 3.12. The number of aryl methyl sites for hydroxylation is 1. The van der Waals surface area contributed by atoms with Crippen molar-refractivity contribution in [2.24, 2.45) is 5.41 Å². The van der Waals surface area contributed by atoms with E-state index in [4.69, 9.17) is 0 Å². The summed E-state index contributed by atoms with van der Waals surface area (Å²) in [4.78, 5) is 11.3. The summed E-state index contributed by atoms with van der Waals surface area (Å²) in [5.41, 5.74) is 0.303. The maximum atomic E-state index is 12.2. The minimum absolute atomic E-state index is 0.0743. The average Bonchev–Trinajstić information content (AvgIpc) is 2.34. The molecule has 0 fully saturated rings. The van der Waals surface area contributed by atoms with Gasteiger partial charge in [0.05, 0.1) is 4.90 Å². The molecule has 20 heavy (non-hydrogen) atoms. The Morgan fingerprint density at radius 3 is 2.10 bits per heavy atom. The Hall–Kier alpha value is -1.40. The van der Waals surface area contributed by atoms with E-state index in [0.717, 1.165) is 12.0 Å². The van der Waals surface area contributed by atoms with Gasteiger partial charge in [0.2, 0.25) is 10.0 Å². The molecule has 0 aliphatic heterocycles. The van der Waals surface area contributed by atoms with Gasteiger partial charge < -0.3 is 5.11 Å². The van der Waals surface area contributed by atoms with Gasteiger partial charge in [-0.05, 0) is 29.5 Å². The Kier molecular flexibility index (Phi) is 4.94. The lowest BCUT2D eigenvalue weighted by Crippen LogP contribution is -2.48. The van der Waals surface area contributed by atoms with E-state index >= 15 is 0 Å². The SMILES string of the molecule is CCc1ccc(S(=O)(=O)N[C@H](C(=O)O)C(C)(C)C)cc1. The zero-order valence-electron chi connectivity index (χ0n) is 12.2. The highest BCUT2D eigenvalue weighted by Gasteiger charge is 2.35. The van der Waals surface area contributed by atoms with E-state index in [1.54, 1.807) is 32.9 Å². The molecular formula is C14H21NO4S. The second kappa shape index (κ2) is 5.93. The Bertz CT molecular complexity index is 570. The summed E-state index contributed by atoms with van der Waals surface area (Å²) >= 11 is 0. The molecule has 0 saturated heterocycles. The molecule has 1 rings (SSSR count). The largest absolute Gasteiger partial charge is 0.480 e. The second-order valence-corrected chi connectivity index (χ2v) is 7.47. The van der Waals surface area contributed by atoms with Gasteiger partial charge in [0.1, 0.15) is 6.04 Å². The van der Waals surface area contributed by atoms with E-state index in [9.17, 15) is 18.3 Å². The van der Waals surface area contributed by atoms with Crippen LogP contribution in [0.4, 0.5) is 0 Å². The fourth-order valence-electron chi connectivity index (χ4n) is 1.73. The Labute approximate surface area is 120 Å². The number of carboxylic acids is 1. The van der Waals surface area contributed by atoms with Crippen LogP contribution in [0.2, 0.25) is 0 Å². The molecule has 0 amide bonds. The van der Waals surface area contributed by atoms with Crippen molar-refractivity contribution in [3.8, 4) is 0 Å². The molecule has 5 nitrogen and oxygen atoms in total. The van der Waals surface area contributed by atoms with Crippen LogP contribution in [-0.2, 0) is 21.2 Å². The molecule has 0 unspecified atom stereocenters. The molecular weight excluding hydrogens is 278 g/mol. The van der Waals surface area contributed by atoms with Gasteiger partial charge in [-0.25, -0.2) is 8.42 Å². The van der Waals surface area contributed by atoms with Gasteiger partial charge in [-0.2, -0.15) is 4.72 Å². The number of rotatable bonds is 5. The van der Waals surface area contributed by atoms with Crippen molar-refractivity contribution in [3.05, 3.63) is 29.8 Å². The molecule has 0 aliphatic rings. The highest BCUT2D eigenvalue weighted by Crippen LogP contribution is 2.22. The first-order chi connectivity index (χ1) is 9.08. The molecule has 1 atom stereocenters. The zero-order valence-corrected chi connectivity index (χ0v) is 13.0. The molecule has 0 saturated carbocycles. The van der Waals surface area contributed by atoms with Gasteiger partial charge in [-0.15, -0.1) is 0 Å². The Morgan fingerprint density at radius 1 is 1.25 bits per heavy atom. The summed E-state index contributed by atoms with van der Waals surface area (Å²) in [5, 5.41) is 9.17. The monoisotopic (exact) mass is 299 g/mol. The van der Waals surface area contributed by atoms with Crippen LogP contribution in [0.3, 0.4) is 0 Å². The Balaban J connectivity index is 3.06. The van der Waals surface area contributed by atoms with Crippen molar-refractivity contribution in [3.63, 3.8) is 0 Å². The number of nitrogens with one attached hydrogen (secondary N) is 1. The lowest BCUT2D eigenvalue weighted by Gasteiger charge is -2.27. The third kappa shape index (κ3) is 4.05. The van der Waals surface area contributed by atoms with Crippen molar-refractivity contribution >= 4 is 16.0 Å². The minimum atomic E-state index is -3.84. The van der Waals surface area contributed by atoms with E-state index in [1.807, 2.05) is 6.92 Å². The lowest BCUT2D eigenvalue weighted by atomic mass is 9.88. The third-order valence-corrected chi connectivity index (χ3v) is 4.47. The van der Waals surface area contributed by atoms with E-state index in [0.29, 0.717) is 0 Å². The van der Waals surface area contributed by atoms with Crippen molar-refractivity contribution in [2.45, 2.75) is 45.1 Å². The van der Waals surface area contributed by atoms with Crippen LogP contribution in [0.15, 0.2) is 29.2 Å². The van der Waals surface area contributed by atoms with Gasteiger partial charge in [0.25, 0.3) is 0 Å². The first-order valence-electron chi connectivity index (χ1n) is 6.42. The summed E-state index contributed by atoms with van der Waals surface area (Å²) in [6.07, 6.45) is 0.813. The van der Waals surface area contributed by atoms with Gasteiger partial charge in [-0.3, -0.25) is 4.79 Å². The predicted octanol–water partition coefficient (Wildman–Crippen LogP) is 2.03. The number of sulfonamides is 1. The molecule has 1 aromatic rings. The summed E-state index contributed by atoms with van der Waals surface area (Å²) in [6.45, 7) is 7.00. The van der Waals surface area contributed by atoms with Crippen LogP contribution in [0, 0.1) is 5.41 Å². The lowest BCUT2D eigenvalue weighted by molar-refractivity contribution is -0.141. The van der Waals surface area contributed by atoms with Crippen LogP contribution in [0.1, 0.15) is 33.3 Å². The average molecular weight is 299 g/mol. The van der Waals surface area contributed by atoms with Crippen LogP contribution in [0.5, 0.6) is 0 Å².